The molecule has 4 rings (SSSR count). The normalized spacial score (nSPS) is 22.1. The minimum atomic E-state index is -0.417. The van der Waals surface area contributed by atoms with Gasteiger partial charge in [0.05, 0.1) is 25.5 Å². The van der Waals surface area contributed by atoms with Crippen molar-refractivity contribution in [1.82, 2.24) is 9.97 Å². The summed E-state index contributed by atoms with van der Waals surface area (Å²) in [6, 6.07) is 7.90. The lowest BCUT2D eigenvalue weighted by atomic mass is 9.96. The van der Waals surface area contributed by atoms with Crippen LogP contribution in [0.3, 0.4) is 0 Å². The topological polar surface area (TPSA) is 67.8 Å². The highest BCUT2D eigenvalue weighted by Crippen LogP contribution is 2.27. The lowest BCUT2D eigenvalue weighted by Crippen LogP contribution is -2.42. The number of ketones is 1. The van der Waals surface area contributed by atoms with Crippen molar-refractivity contribution in [3.8, 4) is 5.75 Å². The van der Waals surface area contributed by atoms with Gasteiger partial charge >= 0.3 is 0 Å². The summed E-state index contributed by atoms with van der Waals surface area (Å²) in [5, 5.41) is 0. The quantitative estimate of drug-likeness (QED) is 0.649. The Morgan fingerprint density at radius 2 is 2.03 bits per heavy atom. The van der Waals surface area contributed by atoms with Gasteiger partial charge < -0.3 is 24.1 Å². The second kappa shape index (κ2) is 9.81. The van der Waals surface area contributed by atoms with E-state index >= 15 is 0 Å². The molecule has 2 aliphatic heterocycles. The van der Waals surface area contributed by atoms with Crippen molar-refractivity contribution in [2.45, 2.75) is 51.7 Å². The standard InChI is InChI=1S/C24H31FN4O3/c1-16(12-17(2)30)19-4-6-20(7-5-19)32-21-8-9-28(15-21)23-22(25)13-26-24(27-23)29-10-11-31-18(3)14-29/h4-7,13,16,18,21H,8-12,14-15H2,1-3H3/t16-,18?,21-/m1/s1. The molecule has 0 aliphatic carbocycles. The van der Waals surface area contributed by atoms with E-state index in [4.69, 9.17) is 9.47 Å². The third-order valence-electron chi connectivity index (χ3n) is 6.03. The number of Topliss-reactive ketones (excluding diaryl/α,β-unsaturated/α-hetero) is 1. The Morgan fingerprint density at radius 1 is 1.25 bits per heavy atom. The lowest BCUT2D eigenvalue weighted by Gasteiger charge is -2.31. The molecule has 2 saturated heterocycles. The Kier molecular flexibility index (Phi) is 6.89. The highest BCUT2D eigenvalue weighted by molar-refractivity contribution is 5.76. The van der Waals surface area contributed by atoms with Crippen LogP contribution in [-0.4, -0.2) is 60.7 Å². The second-order valence-corrected chi connectivity index (χ2v) is 8.82. The monoisotopic (exact) mass is 442 g/mol. The Morgan fingerprint density at radius 3 is 2.75 bits per heavy atom. The predicted molar refractivity (Wildman–Crippen MR) is 121 cm³/mol. The van der Waals surface area contributed by atoms with Crippen LogP contribution in [0, 0.1) is 5.82 Å². The first-order valence-electron chi connectivity index (χ1n) is 11.3. The van der Waals surface area contributed by atoms with Gasteiger partial charge in [-0.05, 0) is 37.5 Å². The average Bonchev–Trinajstić information content (AvgIpc) is 3.22. The Bertz CT molecular complexity index is 939. The van der Waals surface area contributed by atoms with Crippen LogP contribution in [0.2, 0.25) is 0 Å². The largest absolute Gasteiger partial charge is 0.489 e. The van der Waals surface area contributed by atoms with E-state index in [1.807, 2.05) is 47.9 Å². The van der Waals surface area contributed by atoms with E-state index < -0.39 is 5.82 Å². The van der Waals surface area contributed by atoms with Gasteiger partial charge in [0.25, 0.3) is 0 Å². The van der Waals surface area contributed by atoms with Crippen LogP contribution in [0.25, 0.3) is 0 Å². The highest BCUT2D eigenvalue weighted by atomic mass is 19.1. The van der Waals surface area contributed by atoms with E-state index in [-0.39, 0.29) is 23.9 Å². The first-order valence-corrected chi connectivity index (χ1v) is 11.3. The summed E-state index contributed by atoms with van der Waals surface area (Å²) in [4.78, 5) is 24.1. The molecule has 32 heavy (non-hydrogen) atoms. The van der Waals surface area contributed by atoms with E-state index in [9.17, 15) is 9.18 Å². The average molecular weight is 443 g/mol. The zero-order valence-electron chi connectivity index (χ0n) is 19.0. The van der Waals surface area contributed by atoms with Crippen LogP contribution < -0.4 is 14.5 Å². The van der Waals surface area contributed by atoms with Crippen LogP contribution in [0.4, 0.5) is 16.2 Å². The lowest BCUT2D eigenvalue weighted by molar-refractivity contribution is -0.117. The van der Waals surface area contributed by atoms with Crippen molar-refractivity contribution in [2.24, 2.45) is 0 Å². The molecule has 7 nitrogen and oxygen atoms in total. The molecule has 0 saturated carbocycles. The summed E-state index contributed by atoms with van der Waals surface area (Å²) >= 11 is 0. The van der Waals surface area contributed by atoms with E-state index in [1.165, 1.54) is 6.20 Å². The Balaban J connectivity index is 1.38. The molecule has 2 aromatic rings. The number of nitrogens with zero attached hydrogens (tertiary/aromatic N) is 4. The maximum absolute atomic E-state index is 14.6. The number of hydrogen-bond donors (Lipinski definition) is 0. The SMILES string of the molecule is CC(=O)C[C@@H](C)c1ccc(O[C@@H]2CCN(c3nc(N4CCOC(C)C4)ncc3F)C2)cc1. The molecule has 2 aliphatic rings. The summed E-state index contributed by atoms with van der Waals surface area (Å²) in [5.41, 5.74) is 1.12. The number of aromatic nitrogens is 2. The number of halogens is 1. The van der Waals surface area contributed by atoms with Crippen LogP contribution in [0.15, 0.2) is 30.5 Å². The molecular formula is C24H31FN4O3. The fraction of sp³-hybridized carbons (Fsp3) is 0.542. The van der Waals surface area contributed by atoms with Gasteiger partial charge in [0.15, 0.2) is 11.6 Å². The fourth-order valence-corrected chi connectivity index (χ4v) is 4.36. The van der Waals surface area contributed by atoms with E-state index in [1.54, 1.807) is 6.92 Å². The molecule has 0 spiro atoms. The zero-order valence-corrected chi connectivity index (χ0v) is 19.0. The summed E-state index contributed by atoms with van der Waals surface area (Å²) in [6.07, 6.45) is 2.63. The molecule has 3 atom stereocenters. The molecule has 3 heterocycles. The van der Waals surface area contributed by atoms with Gasteiger partial charge in [0, 0.05) is 32.5 Å². The Hall–Kier alpha value is -2.74. The summed E-state index contributed by atoms with van der Waals surface area (Å²) in [7, 11) is 0. The third-order valence-corrected chi connectivity index (χ3v) is 6.03. The number of rotatable bonds is 7. The van der Waals surface area contributed by atoms with Gasteiger partial charge in [0.2, 0.25) is 5.95 Å². The number of ether oxygens (including phenoxy) is 2. The van der Waals surface area contributed by atoms with Crippen molar-refractivity contribution in [1.29, 1.82) is 0 Å². The fourth-order valence-electron chi connectivity index (χ4n) is 4.36. The highest BCUT2D eigenvalue weighted by Gasteiger charge is 2.29. The minimum Gasteiger partial charge on any atom is -0.489 e. The minimum absolute atomic E-state index is 0.0447. The predicted octanol–water partition coefficient (Wildman–Crippen LogP) is 3.58. The molecule has 8 heteroatoms. The van der Waals surface area contributed by atoms with Gasteiger partial charge in [0.1, 0.15) is 17.6 Å². The summed E-state index contributed by atoms with van der Waals surface area (Å²) in [5.74, 6) is 1.60. The third kappa shape index (κ3) is 5.35. The van der Waals surface area contributed by atoms with Crippen LogP contribution in [0.5, 0.6) is 5.75 Å². The molecule has 1 aromatic carbocycles. The number of hydrogen-bond acceptors (Lipinski definition) is 7. The molecule has 1 unspecified atom stereocenters. The van der Waals surface area contributed by atoms with Crippen molar-refractivity contribution in [3.05, 3.63) is 41.8 Å². The Labute approximate surface area is 188 Å². The number of morpholine rings is 1. The maximum Gasteiger partial charge on any atom is 0.227 e. The number of carbonyl (C=O) groups is 1. The molecule has 2 fully saturated rings. The molecule has 1 aromatic heterocycles. The van der Waals surface area contributed by atoms with E-state index in [0.29, 0.717) is 51.0 Å². The van der Waals surface area contributed by atoms with Crippen molar-refractivity contribution in [3.63, 3.8) is 0 Å². The van der Waals surface area contributed by atoms with Gasteiger partial charge in [-0.2, -0.15) is 4.98 Å². The van der Waals surface area contributed by atoms with Crippen LogP contribution >= 0.6 is 0 Å². The molecule has 172 valence electrons. The van der Waals surface area contributed by atoms with E-state index in [0.717, 1.165) is 17.7 Å². The first-order chi connectivity index (χ1) is 15.4. The maximum atomic E-state index is 14.6. The number of anilines is 2. The molecule has 0 radical (unpaired) electrons. The van der Waals surface area contributed by atoms with E-state index in [2.05, 4.69) is 9.97 Å². The smallest absolute Gasteiger partial charge is 0.227 e. The summed E-state index contributed by atoms with van der Waals surface area (Å²) in [6.45, 7) is 8.92. The molecule has 0 N–H and O–H groups in total. The number of carbonyl (C=O) groups excluding carboxylic acids is 1. The first kappa shape index (κ1) is 22.5. The zero-order chi connectivity index (χ0) is 22.7. The van der Waals surface area contributed by atoms with Crippen LogP contribution in [-0.2, 0) is 9.53 Å². The van der Waals surface area contributed by atoms with Gasteiger partial charge in [-0.1, -0.05) is 19.1 Å². The van der Waals surface area contributed by atoms with Crippen LogP contribution in [0.1, 0.15) is 45.1 Å². The molecular weight excluding hydrogens is 411 g/mol. The second-order valence-electron chi connectivity index (χ2n) is 8.82. The van der Waals surface area contributed by atoms with Gasteiger partial charge in [-0.25, -0.2) is 9.37 Å². The molecule has 0 bridgehead atoms. The summed E-state index contributed by atoms with van der Waals surface area (Å²) < 4.78 is 26.3. The van der Waals surface area contributed by atoms with Crippen molar-refractivity contribution < 1.29 is 18.7 Å². The van der Waals surface area contributed by atoms with Gasteiger partial charge in [-0.15, -0.1) is 0 Å². The van der Waals surface area contributed by atoms with Gasteiger partial charge in [-0.3, -0.25) is 0 Å². The molecule has 0 amide bonds. The number of benzene rings is 1. The van der Waals surface area contributed by atoms with Crippen molar-refractivity contribution >= 4 is 17.5 Å². The van der Waals surface area contributed by atoms with Crippen molar-refractivity contribution in [2.75, 3.05) is 42.6 Å².